The fourth-order valence-corrected chi connectivity index (χ4v) is 4.92. The molecule has 0 saturated carbocycles. The van der Waals surface area contributed by atoms with Crippen molar-refractivity contribution in [1.82, 2.24) is 36.4 Å². The van der Waals surface area contributed by atoms with Gasteiger partial charge in [0.2, 0.25) is 35.4 Å². The second-order valence-corrected chi connectivity index (χ2v) is 10.5. The Kier molecular flexibility index (Phi) is 9.28. The molecule has 2 bridgehead atoms. The van der Waals surface area contributed by atoms with Gasteiger partial charge in [-0.25, -0.2) is 0 Å². The van der Waals surface area contributed by atoms with Crippen LogP contribution in [0.1, 0.15) is 69.5 Å². The van der Waals surface area contributed by atoms with Gasteiger partial charge < -0.3 is 25.3 Å². The first-order valence-electron chi connectivity index (χ1n) is 13.5. The maximum Gasteiger partial charge on any atom is 0.243 e. The van der Waals surface area contributed by atoms with Gasteiger partial charge in [0.05, 0.1) is 19.1 Å². The van der Waals surface area contributed by atoms with E-state index < -0.39 is 36.0 Å². The number of hydrogen-bond acceptors (Lipinski definition) is 8. The average Bonchev–Trinajstić information content (AvgIpc) is 3.59. The lowest BCUT2D eigenvalue weighted by Gasteiger charge is -2.27. The van der Waals surface area contributed by atoms with Crippen molar-refractivity contribution in [2.45, 2.75) is 70.6 Å². The van der Waals surface area contributed by atoms with Gasteiger partial charge in [-0.2, -0.15) is 0 Å². The number of aromatic nitrogens is 2. The molecule has 0 aliphatic carbocycles. The summed E-state index contributed by atoms with van der Waals surface area (Å²) >= 11 is 0. The summed E-state index contributed by atoms with van der Waals surface area (Å²) < 4.78 is 5.92. The first-order valence-corrected chi connectivity index (χ1v) is 13.5. The Morgan fingerprint density at radius 1 is 0.974 bits per heavy atom. The average molecular weight is 540 g/mol. The molecule has 2 aliphatic rings. The summed E-state index contributed by atoms with van der Waals surface area (Å²) in [5, 5.41) is 19.7. The van der Waals surface area contributed by atoms with Gasteiger partial charge in [-0.3, -0.25) is 24.5 Å². The van der Waals surface area contributed by atoms with Crippen molar-refractivity contribution >= 4 is 23.6 Å². The van der Waals surface area contributed by atoms with Crippen LogP contribution < -0.4 is 21.3 Å². The maximum absolute atomic E-state index is 13.3. The molecule has 4 N–H and O–H groups in total. The largest absolute Gasteiger partial charge is 0.421 e. The van der Waals surface area contributed by atoms with Crippen LogP contribution in [0.3, 0.4) is 0 Å². The molecule has 1 unspecified atom stereocenters. The predicted molar refractivity (Wildman–Crippen MR) is 141 cm³/mol. The molecule has 1 aromatic carbocycles. The van der Waals surface area contributed by atoms with Crippen molar-refractivity contribution < 1.29 is 23.6 Å². The van der Waals surface area contributed by atoms with Crippen LogP contribution in [-0.4, -0.2) is 70.4 Å². The van der Waals surface area contributed by atoms with Gasteiger partial charge in [0, 0.05) is 6.54 Å². The molecule has 1 aromatic heterocycles. The molecule has 3 heterocycles. The van der Waals surface area contributed by atoms with Gasteiger partial charge in [0.25, 0.3) is 0 Å². The molecule has 12 heteroatoms. The van der Waals surface area contributed by atoms with Crippen LogP contribution in [0.4, 0.5) is 0 Å². The van der Waals surface area contributed by atoms with E-state index in [1.165, 1.54) is 0 Å². The molecule has 2 aromatic rings. The molecule has 4 rings (SSSR count). The molecule has 1 fully saturated rings. The molecule has 0 spiro atoms. The highest BCUT2D eigenvalue weighted by molar-refractivity contribution is 5.94. The van der Waals surface area contributed by atoms with Crippen molar-refractivity contribution in [3.8, 4) is 0 Å². The SMILES string of the molecule is CC(C)C[C@@H]1NC(=O)[C@@H]2CCCN2C(=O)CNC(Cc2ccccc2)c2nnc(o2)[C@H](C)NC(=O)CNC1=O. The Morgan fingerprint density at radius 3 is 2.46 bits per heavy atom. The molecule has 4 amide bonds. The Labute approximate surface area is 227 Å². The summed E-state index contributed by atoms with van der Waals surface area (Å²) in [6.07, 6.45) is 2.07. The van der Waals surface area contributed by atoms with Crippen molar-refractivity contribution in [1.29, 1.82) is 0 Å². The van der Waals surface area contributed by atoms with Gasteiger partial charge in [-0.15, -0.1) is 10.2 Å². The summed E-state index contributed by atoms with van der Waals surface area (Å²) in [6.45, 7) is 5.73. The van der Waals surface area contributed by atoms with Crippen LogP contribution in [-0.2, 0) is 25.6 Å². The molecule has 1 saturated heterocycles. The van der Waals surface area contributed by atoms with Crippen molar-refractivity contribution in [2.24, 2.45) is 5.92 Å². The molecular formula is C27H37N7O5. The highest BCUT2D eigenvalue weighted by atomic mass is 16.4. The second-order valence-electron chi connectivity index (χ2n) is 10.5. The zero-order valence-corrected chi connectivity index (χ0v) is 22.6. The topological polar surface area (TPSA) is 159 Å². The van der Waals surface area contributed by atoms with Gasteiger partial charge >= 0.3 is 0 Å². The molecule has 12 nitrogen and oxygen atoms in total. The molecule has 4 atom stereocenters. The monoisotopic (exact) mass is 539 g/mol. The van der Waals surface area contributed by atoms with Crippen molar-refractivity contribution in [3.05, 3.63) is 47.7 Å². The van der Waals surface area contributed by atoms with Crippen LogP contribution in [0.25, 0.3) is 0 Å². The second kappa shape index (κ2) is 12.8. The third-order valence-corrected chi connectivity index (χ3v) is 6.92. The van der Waals surface area contributed by atoms with E-state index in [1.54, 1.807) is 11.8 Å². The normalized spacial score (nSPS) is 25.4. The summed E-state index contributed by atoms with van der Waals surface area (Å²) in [5.41, 5.74) is 1.01. The van der Waals surface area contributed by atoms with E-state index in [9.17, 15) is 19.2 Å². The molecular weight excluding hydrogens is 502 g/mol. The van der Waals surface area contributed by atoms with Crippen LogP contribution in [0, 0.1) is 5.92 Å². The Balaban J connectivity index is 1.60. The fraction of sp³-hybridized carbons (Fsp3) is 0.556. The van der Waals surface area contributed by atoms with E-state index in [0.29, 0.717) is 32.2 Å². The zero-order valence-electron chi connectivity index (χ0n) is 22.6. The Bertz CT molecular complexity index is 1170. The number of nitrogens with one attached hydrogen (secondary N) is 4. The summed E-state index contributed by atoms with van der Waals surface area (Å²) in [6, 6.07) is 7.14. The Hall–Kier alpha value is -3.80. The minimum absolute atomic E-state index is 0.0405. The summed E-state index contributed by atoms with van der Waals surface area (Å²) in [4.78, 5) is 53.6. The molecule has 210 valence electrons. The first kappa shape index (κ1) is 28.2. The van der Waals surface area contributed by atoms with E-state index in [4.69, 9.17) is 4.42 Å². The van der Waals surface area contributed by atoms with E-state index in [1.807, 2.05) is 44.2 Å². The van der Waals surface area contributed by atoms with Gasteiger partial charge in [0.1, 0.15) is 18.1 Å². The van der Waals surface area contributed by atoms with Crippen LogP contribution in [0.5, 0.6) is 0 Å². The predicted octanol–water partition coefficient (Wildman–Crippen LogP) is 0.772. The third-order valence-electron chi connectivity index (χ3n) is 6.92. The summed E-state index contributed by atoms with van der Waals surface area (Å²) in [7, 11) is 0. The fourth-order valence-electron chi connectivity index (χ4n) is 4.92. The number of fused-ring (bicyclic) bond motifs is 3. The lowest BCUT2D eigenvalue weighted by atomic mass is 10.0. The Morgan fingerprint density at radius 2 is 1.72 bits per heavy atom. The number of nitrogens with zero attached hydrogens (tertiary/aromatic N) is 3. The number of rotatable bonds is 4. The van der Waals surface area contributed by atoms with Gasteiger partial charge in [-0.05, 0) is 44.1 Å². The van der Waals surface area contributed by atoms with Crippen LogP contribution >= 0.6 is 0 Å². The first-order chi connectivity index (χ1) is 18.7. The molecule has 2 aliphatic heterocycles. The van der Waals surface area contributed by atoms with Gasteiger partial charge in [0.15, 0.2) is 0 Å². The number of amides is 4. The molecule has 0 radical (unpaired) electrons. The van der Waals surface area contributed by atoms with Crippen molar-refractivity contribution in [2.75, 3.05) is 19.6 Å². The number of carbonyl (C=O) groups excluding carboxylic acids is 4. The minimum Gasteiger partial charge on any atom is -0.421 e. The summed E-state index contributed by atoms with van der Waals surface area (Å²) in [5.74, 6) is -0.877. The standard InChI is InChI=1S/C27H37N7O5/c1-16(2)12-19-24(37)29-14-22(35)30-17(3)26-32-33-27(39-26)20(13-18-8-5-4-6-9-18)28-15-23(36)34-11-7-10-21(34)25(38)31-19/h4-6,8-9,16-17,19-21,28H,7,10-15H2,1-3H3,(H,29,37)(H,30,35)(H,31,38)/t17-,19-,20?,21-/m0/s1. The van der Waals surface area contributed by atoms with E-state index >= 15 is 0 Å². The smallest absolute Gasteiger partial charge is 0.243 e. The number of carbonyl (C=O) groups is 4. The number of hydrogen-bond donors (Lipinski definition) is 4. The number of benzene rings is 1. The highest BCUT2D eigenvalue weighted by Crippen LogP contribution is 2.22. The molecule has 39 heavy (non-hydrogen) atoms. The minimum atomic E-state index is -0.828. The van der Waals surface area contributed by atoms with E-state index in [-0.39, 0.29) is 42.6 Å². The highest BCUT2D eigenvalue weighted by Gasteiger charge is 2.36. The lowest BCUT2D eigenvalue weighted by molar-refractivity contribution is -0.139. The zero-order chi connectivity index (χ0) is 27.9. The van der Waals surface area contributed by atoms with Crippen LogP contribution in [0.15, 0.2) is 34.7 Å². The lowest BCUT2D eigenvalue weighted by Crippen LogP contribution is -2.55. The van der Waals surface area contributed by atoms with Gasteiger partial charge in [-0.1, -0.05) is 44.2 Å². The van der Waals surface area contributed by atoms with E-state index in [2.05, 4.69) is 31.5 Å². The quantitative estimate of drug-likeness (QED) is 0.444. The van der Waals surface area contributed by atoms with Crippen molar-refractivity contribution in [3.63, 3.8) is 0 Å². The third kappa shape index (κ3) is 7.41. The van der Waals surface area contributed by atoms with Crippen LogP contribution in [0.2, 0.25) is 0 Å². The van der Waals surface area contributed by atoms with E-state index in [0.717, 1.165) is 5.56 Å². The maximum atomic E-state index is 13.3.